The van der Waals surface area contributed by atoms with Crippen LogP contribution in [-0.2, 0) is 14.4 Å². The fourth-order valence-corrected chi connectivity index (χ4v) is 4.90. The Kier molecular flexibility index (Phi) is 5.94. The van der Waals surface area contributed by atoms with Crippen LogP contribution < -0.4 is 4.74 Å². The van der Waals surface area contributed by atoms with E-state index in [0.717, 1.165) is 0 Å². The summed E-state index contributed by atoms with van der Waals surface area (Å²) < 4.78 is 5.51. The molecule has 1 N–H and O–H groups in total. The van der Waals surface area contributed by atoms with Gasteiger partial charge in [0.15, 0.2) is 5.78 Å². The topological polar surface area (TPSA) is 80.7 Å². The molecule has 0 bridgehead atoms. The number of hydrogen-bond donors (Lipinski definition) is 1. The highest BCUT2D eigenvalue weighted by molar-refractivity contribution is 6.09. The molecule has 0 saturated heterocycles. The molecule has 3 rings (SSSR count). The number of carbonyl (C=O) groups excluding carboxylic acids is 3. The molecule has 2 aliphatic rings. The van der Waals surface area contributed by atoms with E-state index in [9.17, 15) is 19.5 Å². The Morgan fingerprint density at radius 3 is 1.97 bits per heavy atom. The number of Topliss-reactive ketones (excluding diaryl/α,β-unsaturated/α-hetero) is 3. The van der Waals surface area contributed by atoms with Crippen molar-refractivity contribution >= 4 is 17.3 Å². The van der Waals surface area contributed by atoms with Gasteiger partial charge in [0.1, 0.15) is 23.1 Å². The molecule has 1 aromatic carbocycles. The molecule has 0 heterocycles. The summed E-state index contributed by atoms with van der Waals surface area (Å²) >= 11 is 0. The average molecular weight is 413 g/mol. The molecule has 1 aromatic rings. The molecular formula is C25H32O5. The highest BCUT2D eigenvalue weighted by Crippen LogP contribution is 2.47. The summed E-state index contributed by atoms with van der Waals surface area (Å²) in [5, 5.41) is 10.9. The highest BCUT2D eigenvalue weighted by Gasteiger charge is 2.48. The van der Waals surface area contributed by atoms with E-state index in [1.54, 1.807) is 24.3 Å². The van der Waals surface area contributed by atoms with Crippen LogP contribution >= 0.6 is 0 Å². The number of allylic oxidation sites excluding steroid dienone is 2. The summed E-state index contributed by atoms with van der Waals surface area (Å²) in [4.78, 5) is 39.4. The van der Waals surface area contributed by atoms with E-state index in [-0.39, 0.29) is 58.8 Å². The maximum absolute atomic E-state index is 13.1. The van der Waals surface area contributed by atoms with Gasteiger partial charge in [-0.3, -0.25) is 14.4 Å². The van der Waals surface area contributed by atoms with Crippen molar-refractivity contribution in [3.8, 4) is 5.75 Å². The summed E-state index contributed by atoms with van der Waals surface area (Å²) in [6, 6.07) is 7.15. The fraction of sp³-hybridized carbons (Fsp3) is 0.560. The number of ketones is 3. The summed E-state index contributed by atoms with van der Waals surface area (Å²) in [6.07, 6.45) is 1.19. The van der Waals surface area contributed by atoms with Gasteiger partial charge in [0.25, 0.3) is 0 Å². The van der Waals surface area contributed by atoms with Crippen molar-refractivity contribution in [3.63, 3.8) is 0 Å². The highest BCUT2D eigenvalue weighted by atomic mass is 16.5. The number of rotatable bonds is 5. The largest absolute Gasteiger partial charge is 0.512 e. The maximum Gasteiger partial charge on any atom is 0.163 e. The molecule has 1 fully saturated rings. The lowest BCUT2D eigenvalue weighted by molar-refractivity contribution is -0.140. The zero-order valence-corrected chi connectivity index (χ0v) is 18.6. The lowest BCUT2D eigenvalue weighted by Crippen LogP contribution is -2.43. The normalized spacial score (nSPS) is 22.9. The van der Waals surface area contributed by atoms with Crippen molar-refractivity contribution in [1.82, 2.24) is 0 Å². The van der Waals surface area contributed by atoms with Crippen LogP contribution in [-0.4, -0.2) is 29.1 Å². The van der Waals surface area contributed by atoms with Gasteiger partial charge in [-0.2, -0.15) is 0 Å². The Bertz CT molecular complexity index is 869. The van der Waals surface area contributed by atoms with Gasteiger partial charge in [-0.25, -0.2) is 0 Å². The molecule has 0 aromatic heterocycles. The van der Waals surface area contributed by atoms with Crippen LogP contribution in [0.15, 0.2) is 35.6 Å². The van der Waals surface area contributed by atoms with Gasteiger partial charge in [0.05, 0.1) is 12.5 Å². The van der Waals surface area contributed by atoms with E-state index in [2.05, 4.69) is 0 Å². The summed E-state index contributed by atoms with van der Waals surface area (Å²) in [5.41, 5.74) is 0.170. The Hall–Kier alpha value is -2.43. The predicted octanol–water partition coefficient (Wildman–Crippen LogP) is 4.94. The minimum atomic E-state index is -0.946. The van der Waals surface area contributed by atoms with Crippen molar-refractivity contribution in [2.75, 3.05) is 6.61 Å². The SMILES string of the molecule is CCOc1ccc(C(C2=C(O)CC(C)(C)CC2=O)C2C(=O)CC(C)(C)CC2=O)cc1. The standard InChI is InChI=1S/C25H32O5/c1-6-30-16-9-7-15(8-10-16)21(22-17(26)11-24(2,3)12-18(22)27)23-19(28)13-25(4,5)14-20(23)29/h7-10,21-22,28H,6,11-14H2,1-5H3. The summed E-state index contributed by atoms with van der Waals surface area (Å²) in [5.74, 6) is -1.54. The molecule has 1 saturated carbocycles. The van der Waals surface area contributed by atoms with Gasteiger partial charge in [-0.15, -0.1) is 0 Å². The smallest absolute Gasteiger partial charge is 0.163 e. The second kappa shape index (κ2) is 8.01. The Labute approximate surface area is 178 Å². The average Bonchev–Trinajstić information content (AvgIpc) is 2.58. The van der Waals surface area contributed by atoms with Gasteiger partial charge >= 0.3 is 0 Å². The second-order valence-corrected chi connectivity index (χ2v) is 10.2. The molecule has 5 nitrogen and oxygen atoms in total. The maximum atomic E-state index is 13.1. The number of hydrogen-bond acceptors (Lipinski definition) is 5. The van der Waals surface area contributed by atoms with Crippen LogP contribution in [0.2, 0.25) is 0 Å². The minimum Gasteiger partial charge on any atom is -0.512 e. The summed E-state index contributed by atoms with van der Waals surface area (Å²) in [7, 11) is 0. The van der Waals surface area contributed by atoms with E-state index in [1.165, 1.54) is 0 Å². The van der Waals surface area contributed by atoms with Crippen LogP contribution in [0.1, 0.15) is 71.8 Å². The van der Waals surface area contributed by atoms with Gasteiger partial charge < -0.3 is 9.84 Å². The lowest BCUT2D eigenvalue weighted by Gasteiger charge is -2.39. The van der Waals surface area contributed by atoms with Crippen LogP contribution in [0.3, 0.4) is 0 Å². The Balaban J connectivity index is 2.11. The van der Waals surface area contributed by atoms with Crippen molar-refractivity contribution in [2.24, 2.45) is 16.7 Å². The third-order valence-electron chi connectivity index (χ3n) is 6.09. The van der Waals surface area contributed by atoms with Crippen LogP contribution in [0.4, 0.5) is 0 Å². The van der Waals surface area contributed by atoms with Gasteiger partial charge in [0, 0.05) is 37.2 Å². The van der Waals surface area contributed by atoms with Crippen LogP contribution in [0.5, 0.6) is 5.75 Å². The number of aliphatic hydroxyl groups is 1. The van der Waals surface area contributed by atoms with Gasteiger partial charge in [0.2, 0.25) is 0 Å². The van der Waals surface area contributed by atoms with Crippen molar-refractivity contribution in [1.29, 1.82) is 0 Å². The number of carbonyl (C=O) groups is 3. The molecule has 0 radical (unpaired) electrons. The first kappa shape index (κ1) is 22.3. The molecule has 162 valence electrons. The lowest BCUT2D eigenvalue weighted by atomic mass is 9.62. The first-order valence-electron chi connectivity index (χ1n) is 10.7. The minimum absolute atomic E-state index is 0.000526. The zero-order chi connectivity index (χ0) is 22.3. The molecule has 5 heteroatoms. The van der Waals surface area contributed by atoms with Crippen molar-refractivity contribution in [3.05, 3.63) is 41.2 Å². The molecular weight excluding hydrogens is 380 g/mol. The van der Waals surface area contributed by atoms with E-state index in [1.807, 2.05) is 34.6 Å². The number of benzene rings is 1. The number of aliphatic hydroxyl groups excluding tert-OH is 1. The predicted molar refractivity (Wildman–Crippen MR) is 115 cm³/mol. The fourth-order valence-electron chi connectivity index (χ4n) is 4.90. The quantitative estimate of drug-likeness (QED) is 0.693. The number of ether oxygens (including phenoxy) is 1. The molecule has 0 aliphatic heterocycles. The molecule has 1 atom stereocenters. The molecule has 2 aliphatic carbocycles. The molecule has 1 unspecified atom stereocenters. The Morgan fingerprint density at radius 1 is 0.933 bits per heavy atom. The third kappa shape index (κ3) is 4.50. The van der Waals surface area contributed by atoms with Crippen LogP contribution in [0, 0.1) is 16.7 Å². The first-order chi connectivity index (χ1) is 13.9. The van der Waals surface area contributed by atoms with E-state index >= 15 is 0 Å². The first-order valence-corrected chi connectivity index (χ1v) is 10.7. The summed E-state index contributed by atoms with van der Waals surface area (Å²) in [6.45, 7) is 10.1. The second-order valence-electron chi connectivity index (χ2n) is 10.2. The van der Waals surface area contributed by atoms with Crippen LogP contribution in [0.25, 0.3) is 0 Å². The molecule has 0 spiro atoms. The zero-order valence-electron chi connectivity index (χ0n) is 18.6. The van der Waals surface area contributed by atoms with E-state index in [0.29, 0.717) is 24.3 Å². The van der Waals surface area contributed by atoms with Crippen molar-refractivity contribution in [2.45, 2.75) is 66.2 Å². The third-order valence-corrected chi connectivity index (χ3v) is 6.09. The van der Waals surface area contributed by atoms with Gasteiger partial charge in [-0.1, -0.05) is 39.8 Å². The molecule has 30 heavy (non-hydrogen) atoms. The van der Waals surface area contributed by atoms with E-state index in [4.69, 9.17) is 4.74 Å². The monoisotopic (exact) mass is 412 g/mol. The van der Waals surface area contributed by atoms with E-state index < -0.39 is 11.8 Å². The Morgan fingerprint density at radius 2 is 1.47 bits per heavy atom. The molecule has 0 amide bonds. The van der Waals surface area contributed by atoms with Gasteiger partial charge in [-0.05, 0) is 35.4 Å². The van der Waals surface area contributed by atoms with Crippen molar-refractivity contribution < 1.29 is 24.2 Å².